The van der Waals surface area contributed by atoms with E-state index in [1.165, 1.54) is 11.1 Å². The number of carbonyl (C=O) groups excluding carboxylic acids is 1. The van der Waals surface area contributed by atoms with Gasteiger partial charge < -0.3 is 24.4 Å². The van der Waals surface area contributed by atoms with Crippen LogP contribution >= 0.6 is 0 Å². The van der Waals surface area contributed by atoms with Crippen LogP contribution < -0.4 is 19.5 Å². The van der Waals surface area contributed by atoms with E-state index < -0.39 is 0 Å². The van der Waals surface area contributed by atoms with E-state index in [9.17, 15) is 4.79 Å². The molecule has 150 valence electrons. The summed E-state index contributed by atoms with van der Waals surface area (Å²) in [5, 5.41) is 3.03. The maximum Gasteiger partial charge on any atom is 0.317 e. The number of nitrogens with one attached hydrogen (secondary N) is 1. The van der Waals surface area contributed by atoms with Crippen LogP contribution in [0.25, 0.3) is 0 Å². The quantitative estimate of drug-likeness (QED) is 0.830. The van der Waals surface area contributed by atoms with E-state index in [-0.39, 0.29) is 6.03 Å². The van der Waals surface area contributed by atoms with Gasteiger partial charge in [0.2, 0.25) is 0 Å². The fraction of sp³-hybridized carbons (Fsp3) is 0.409. The zero-order chi connectivity index (χ0) is 20.1. The predicted molar refractivity (Wildman–Crippen MR) is 108 cm³/mol. The third kappa shape index (κ3) is 4.32. The summed E-state index contributed by atoms with van der Waals surface area (Å²) in [6, 6.07) is 10.0. The van der Waals surface area contributed by atoms with Gasteiger partial charge in [-0.05, 0) is 54.7 Å². The largest absolute Gasteiger partial charge is 0.496 e. The Bertz CT molecular complexity index is 851. The SMILES string of the molecule is COc1ccc(C)cc1CCNC(=O)N1CCc2cc(OC)c(OC)cc2C1. The van der Waals surface area contributed by atoms with E-state index in [0.717, 1.165) is 35.5 Å². The Labute approximate surface area is 166 Å². The van der Waals surface area contributed by atoms with E-state index >= 15 is 0 Å². The molecule has 0 radical (unpaired) electrons. The van der Waals surface area contributed by atoms with Crippen molar-refractivity contribution < 1.29 is 19.0 Å². The zero-order valence-electron chi connectivity index (χ0n) is 17.0. The lowest BCUT2D eigenvalue weighted by atomic mass is 9.99. The summed E-state index contributed by atoms with van der Waals surface area (Å²) < 4.78 is 16.2. The highest BCUT2D eigenvalue weighted by molar-refractivity contribution is 5.74. The average Bonchev–Trinajstić information content (AvgIpc) is 2.72. The minimum Gasteiger partial charge on any atom is -0.496 e. The number of rotatable bonds is 6. The maximum atomic E-state index is 12.6. The van der Waals surface area contributed by atoms with Crippen LogP contribution in [-0.4, -0.2) is 45.3 Å². The second-order valence-electron chi connectivity index (χ2n) is 6.94. The zero-order valence-corrected chi connectivity index (χ0v) is 17.0. The Morgan fingerprint density at radius 2 is 1.68 bits per heavy atom. The first kappa shape index (κ1) is 19.9. The van der Waals surface area contributed by atoms with Crippen molar-refractivity contribution in [2.75, 3.05) is 34.4 Å². The number of amides is 2. The van der Waals surface area contributed by atoms with Gasteiger partial charge in [0.25, 0.3) is 0 Å². The number of benzene rings is 2. The highest BCUT2D eigenvalue weighted by Crippen LogP contribution is 2.33. The van der Waals surface area contributed by atoms with Crippen LogP contribution in [-0.2, 0) is 19.4 Å². The summed E-state index contributed by atoms with van der Waals surface area (Å²) in [6.07, 6.45) is 1.53. The number of aryl methyl sites for hydroxylation is 1. The molecule has 1 heterocycles. The molecule has 0 unspecified atom stereocenters. The minimum atomic E-state index is -0.0490. The van der Waals surface area contributed by atoms with Gasteiger partial charge in [0.15, 0.2) is 11.5 Å². The van der Waals surface area contributed by atoms with Gasteiger partial charge in [-0.3, -0.25) is 0 Å². The van der Waals surface area contributed by atoms with E-state index in [1.807, 2.05) is 29.2 Å². The van der Waals surface area contributed by atoms with Gasteiger partial charge in [-0.25, -0.2) is 4.79 Å². The molecule has 0 aliphatic carbocycles. The Hall–Kier alpha value is -2.89. The first-order chi connectivity index (χ1) is 13.5. The molecule has 1 aliphatic rings. The number of ether oxygens (including phenoxy) is 3. The van der Waals surface area contributed by atoms with Crippen molar-refractivity contribution in [3.63, 3.8) is 0 Å². The Morgan fingerprint density at radius 3 is 2.36 bits per heavy atom. The molecule has 0 saturated carbocycles. The summed E-state index contributed by atoms with van der Waals surface area (Å²) in [5.41, 5.74) is 4.58. The number of fused-ring (bicyclic) bond motifs is 1. The Morgan fingerprint density at radius 1 is 1.00 bits per heavy atom. The fourth-order valence-corrected chi connectivity index (χ4v) is 3.58. The third-order valence-corrected chi connectivity index (χ3v) is 5.11. The third-order valence-electron chi connectivity index (χ3n) is 5.11. The summed E-state index contributed by atoms with van der Waals surface area (Å²) in [5.74, 6) is 2.27. The first-order valence-corrected chi connectivity index (χ1v) is 9.45. The van der Waals surface area contributed by atoms with Crippen molar-refractivity contribution in [3.8, 4) is 17.2 Å². The van der Waals surface area contributed by atoms with Crippen LogP contribution in [0, 0.1) is 6.92 Å². The van der Waals surface area contributed by atoms with Gasteiger partial charge in [-0.2, -0.15) is 0 Å². The molecule has 2 amide bonds. The van der Waals surface area contributed by atoms with E-state index in [1.54, 1.807) is 21.3 Å². The van der Waals surface area contributed by atoms with Gasteiger partial charge in [0.05, 0.1) is 21.3 Å². The molecule has 28 heavy (non-hydrogen) atoms. The van der Waals surface area contributed by atoms with Gasteiger partial charge in [0.1, 0.15) is 5.75 Å². The van der Waals surface area contributed by atoms with Crippen LogP contribution in [0.2, 0.25) is 0 Å². The molecule has 6 nitrogen and oxygen atoms in total. The van der Waals surface area contributed by atoms with Gasteiger partial charge in [-0.15, -0.1) is 0 Å². The molecule has 1 aliphatic heterocycles. The Kier molecular flexibility index (Phi) is 6.29. The number of hydrogen-bond donors (Lipinski definition) is 1. The lowest BCUT2D eigenvalue weighted by Gasteiger charge is -2.29. The van der Waals surface area contributed by atoms with Crippen molar-refractivity contribution in [1.82, 2.24) is 10.2 Å². The van der Waals surface area contributed by atoms with Crippen LogP contribution in [0.1, 0.15) is 22.3 Å². The van der Waals surface area contributed by atoms with Crippen LogP contribution in [0.5, 0.6) is 17.2 Å². The van der Waals surface area contributed by atoms with E-state index in [2.05, 4.69) is 18.3 Å². The maximum absolute atomic E-state index is 12.6. The monoisotopic (exact) mass is 384 g/mol. The molecule has 0 saturated heterocycles. The standard InChI is InChI=1S/C22H28N2O4/c1-15-5-6-19(26-2)17(11-15)7-9-23-22(25)24-10-8-16-12-20(27-3)21(28-4)13-18(16)14-24/h5-6,11-13H,7-10,14H2,1-4H3,(H,23,25). The molecule has 0 fully saturated rings. The average molecular weight is 384 g/mol. The molecular formula is C22H28N2O4. The molecule has 1 N–H and O–H groups in total. The second-order valence-corrected chi connectivity index (χ2v) is 6.94. The van der Waals surface area contributed by atoms with Gasteiger partial charge in [-0.1, -0.05) is 17.7 Å². The van der Waals surface area contributed by atoms with Gasteiger partial charge >= 0.3 is 6.03 Å². The molecular weight excluding hydrogens is 356 g/mol. The molecule has 2 aromatic rings. The van der Waals surface area contributed by atoms with Crippen molar-refractivity contribution in [2.24, 2.45) is 0 Å². The van der Waals surface area contributed by atoms with Crippen molar-refractivity contribution in [2.45, 2.75) is 26.3 Å². The molecule has 0 atom stereocenters. The molecule has 6 heteroatoms. The van der Waals surface area contributed by atoms with E-state index in [0.29, 0.717) is 25.4 Å². The van der Waals surface area contributed by atoms with E-state index in [4.69, 9.17) is 14.2 Å². The van der Waals surface area contributed by atoms with Crippen molar-refractivity contribution in [3.05, 3.63) is 52.6 Å². The topological polar surface area (TPSA) is 60.0 Å². The summed E-state index contributed by atoms with van der Waals surface area (Å²) in [6.45, 7) is 3.86. The summed E-state index contributed by atoms with van der Waals surface area (Å²) in [4.78, 5) is 14.5. The number of hydrogen-bond acceptors (Lipinski definition) is 4. The van der Waals surface area contributed by atoms with Crippen LogP contribution in [0.3, 0.4) is 0 Å². The predicted octanol–water partition coefficient (Wildman–Crippen LogP) is 3.33. The molecule has 3 rings (SSSR count). The fourth-order valence-electron chi connectivity index (χ4n) is 3.58. The van der Waals surface area contributed by atoms with Crippen molar-refractivity contribution >= 4 is 6.03 Å². The number of carbonyl (C=O) groups is 1. The normalized spacial score (nSPS) is 12.9. The Balaban J connectivity index is 1.60. The summed E-state index contributed by atoms with van der Waals surface area (Å²) in [7, 11) is 4.92. The molecule has 0 spiro atoms. The smallest absolute Gasteiger partial charge is 0.317 e. The van der Waals surface area contributed by atoms with Crippen LogP contribution in [0.15, 0.2) is 30.3 Å². The number of methoxy groups -OCH3 is 3. The lowest BCUT2D eigenvalue weighted by molar-refractivity contribution is 0.192. The van der Waals surface area contributed by atoms with Crippen molar-refractivity contribution in [1.29, 1.82) is 0 Å². The first-order valence-electron chi connectivity index (χ1n) is 9.45. The highest BCUT2D eigenvalue weighted by Gasteiger charge is 2.22. The molecule has 0 bridgehead atoms. The number of urea groups is 1. The molecule has 0 aromatic heterocycles. The molecule has 2 aromatic carbocycles. The minimum absolute atomic E-state index is 0.0490. The van der Waals surface area contributed by atoms with Crippen LogP contribution in [0.4, 0.5) is 4.79 Å². The number of nitrogens with zero attached hydrogens (tertiary/aromatic N) is 1. The highest BCUT2D eigenvalue weighted by atomic mass is 16.5. The second kappa shape index (κ2) is 8.87. The summed E-state index contributed by atoms with van der Waals surface area (Å²) >= 11 is 0. The lowest BCUT2D eigenvalue weighted by Crippen LogP contribution is -2.43. The van der Waals surface area contributed by atoms with Gasteiger partial charge in [0, 0.05) is 19.6 Å².